The van der Waals surface area contributed by atoms with Gasteiger partial charge >= 0.3 is 0 Å². The molecule has 1 unspecified atom stereocenters. The van der Waals surface area contributed by atoms with Crippen LogP contribution in [0.5, 0.6) is 0 Å². The second-order valence-corrected chi connectivity index (χ2v) is 6.85. The van der Waals surface area contributed by atoms with Crippen molar-refractivity contribution in [2.24, 2.45) is 0 Å². The molecule has 0 spiro atoms. The molecule has 3 aromatic rings. The third-order valence-electron chi connectivity index (χ3n) is 4.81. The van der Waals surface area contributed by atoms with Crippen molar-refractivity contribution in [1.82, 2.24) is 15.1 Å². The van der Waals surface area contributed by atoms with Crippen LogP contribution in [0.2, 0.25) is 0 Å². The van der Waals surface area contributed by atoms with E-state index < -0.39 is 0 Å². The number of hydrogen-bond acceptors (Lipinski definition) is 3. The first-order chi connectivity index (χ1) is 12.9. The standard InChI is InChI=1S/C22H25N3O/c1-3-8-18(9-4-1)15-25-16-20(14-23-21-12-7-13-26-17-21)22(24-25)19-10-5-2-6-11-19/h1-6,8-11,16,21,23H,7,12-15,17H2. The van der Waals surface area contributed by atoms with Crippen LogP contribution < -0.4 is 5.32 Å². The zero-order valence-electron chi connectivity index (χ0n) is 15.0. The van der Waals surface area contributed by atoms with Crippen LogP contribution in [0.1, 0.15) is 24.0 Å². The van der Waals surface area contributed by atoms with Gasteiger partial charge in [0.25, 0.3) is 0 Å². The molecule has 1 aliphatic heterocycles. The average molecular weight is 347 g/mol. The molecule has 1 aromatic heterocycles. The first-order valence-corrected chi connectivity index (χ1v) is 9.35. The minimum absolute atomic E-state index is 0.435. The van der Waals surface area contributed by atoms with Crippen molar-refractivity contribution in [3.05, 3.63) is 78.0 Å². The Labute approximate surface area is 154 Å². The van der Waals surface area contributed by atoms with Gasteiger partial charge in [-0.1, -0.05) is 60.7 Å². The van der Waals surface area contributed by atoms with Gasteiger partial charge in [0.05, 0.1) is 18.8 Å². The Morgan fingerprint density at radius 1 is 1.04 bits per heavy atom. The van der Waals surface area contributed by atoms with Gasteiger partial charge in [0.15, 0.2) is 0 Å². The number of ether oxygens (including phenoxy) is 1. The lowest BCUT2D eigenvalue weighted by Gasteiger charge is -2.23. The highest BCUT2D eigenvalue weighted by molar-refractivity contribution is 5.62. The van der Waals surface area contributed by atoms with Gasteiger partial charge in [0.2, 0.25) is 0 Å². The third-order valence-corrected chi connectivity index (χ3v) is 4.81. The molecule has 1 saturated heterocycles. The van der Waals surface area contributed by atoms with Gasteiger partial charge in [-0.2, -0.15) is 5.10 Å². The lowest BCUT2D eigenvalue weighted by Crippen LogP contribution is -2.36. The van der Waals surface area contributed by atoms with Crippen LogP contribution in [0.3, 0.4) is 0 Å². The fourth-order valence-corrected chi connectivity index (χ4v) is 3.44. The molecule has 2 aromatic carbocycles. The summed E-state index contributed by atoms with van der Waals surface area (Å²) in [5.41, 5.74) is 4.72. The zero-order valence-corrected chi connectivity index (χ0v) is 15.0. The van der Waals surface area contributed by atoms with E-state index in [2.05, 4.69) is 60.0 Å². The smallest absolute Gasteiger partial charge is 0.0968 e. The topological polar surface area (TPSA) is 39.1 Å². The Morgan fingerprint density at radius 2 is 1.81 bits per heavy atom. The molecule has 1 atom stereocenters. The predicted molar refractivity (Wildman–Crippen MR) is 104 cm³/mol. The van der Waals surface area contributed by atoms with E-state index in [1.165, 1.54) is 17.5 Å². The summed E-state index contributed by atoms with van der Waals surface area (Å²) in [7, 11) is 0. The van der Waals surface area contributed by atoms with E-state index in [1.807, 2.05) is 16.8 Å². The highest BCUT2D eigenvalue weighted by atomic mass is 16.5. The van der Waals surface area contributed by atoms with E-state index in [0.29, 0.717) is 6.04 Å². The van der Waals surface area contributed by atoms with E-state index in [1.54, 1.807) is 0 Å². The molecule has 4 nitrogen and oxygen atoms in total. The van der Waals surface area contributed by atoms with Crippen LogP contribution in [-0.2, 0) is 17.8 Å². The average Bonchev–Trinajstić information content (AvgIpc) is 3.11. The zero-order chi connectivity index (χ0) is 17.6. The van der Waals surface area contributed by atoms with Crippen molar-refractivity contribution in [2.75, 3.05) is 13.2 Å². The normalized spacial score (nSPS) is 17.3. The number of benzene rings is 2. The summed E-state index contributed by atoms with van der Waals surface area (Å²) in [6.07, 6.45) is 4.49. The van der Waals surface area contributed by atoms with E-state index in [-0.39, 0.29) is 0 Å². The van der Waals surface area contributed by atoms with Crippen LogP contribution in [0, 0.1) is 0 Å². The Balaban J connectivity index is 1.55. The van der Waals surface area contributed by atoms with Crippen LogP contribution in [0.25, 0.3) is 11.3 Å². The second-order valence-electron chi connectivity index (χ2n) is 6.85. The van der Waals surface area contributed by atoms with Crippen LogP contribution in [0.4, 0.5) is 0 Å². The van der Waals surface area contributed by atoms with Gasteiger partial charge in [-0.15, -0.1) is 0 Å². The van der Waals surface area contributed by atoms with E-state index in [0.717, 1.165) is 44.0 Å². The van der Waals surface area contributed by atoms with Crippen molar-refractivity contribution in [3.8, 4) is 11.3 Å². The summed E-state index contributed by atoms with van der Waals surface area (Å²) in [5.74, 6) is 0. The Bertz CT molecular complexity index is 808. The molecule has 1 N–H and O–H groups in total. The highest BCUT2D eigenvalue weighted by Gasteiger charge is 2.16. The first kappa shape index (κ1) is 17.0. The molecule has 1 aliphatic rings. The molecule has 0 amide bonds. The Kier molecular flexibility index (Phi) is 5.43. The van der Waals surface area contributed by atoms with Crippen molar-refractivity contribution in [3.63, 3.8) is 0 Å². The Morgan fingerprint density at radius 3 is 2.54 bits per heavy atom. The van der Waals surface area contributed by atoms with Crippen molar-refractivity contribution in [2.45, 2.75) is 32.0 Å². The lowest BCUT2D eigenvalue weighted by atomic mass is 10.1. The number of aromatic nitrogens is 2. The molecule has 134 valence electrons. The van der Waals surface area contributed by atoms with Crippen molar-refractivity contribution in [1.29, 1.82) is 0 Å². The molecule has 2 heterocycles. The first-order valence-electron chi connectivity index (χ1n) is 9.35. The largest absolute Gasteiger partial charge is 0.380 e. The molecular formula is C22H25N3O. The molecule has 4 heteroatoms. The maximum absolute atomic E-state index is 5.59. The second kappa shape index (κ2) is 8.30. The molecule has 0 bridgehead atoms. The van der Waals surface area contributed by atoms with Gasteiger partial charge in [-0.25, -0.2) is 0 Å². The van der Waals surface area contributed by atoms with Crippen LogP contribution >= 0.6 is 0 Å². The summed E-state index contributed by atoms with van der Waals surface area (Å²) >= 11 is 0. The van der Waals surface area contributed by atoms with E-state index >= 15 is 0 Å². The number of nitrogens with one attached hydrogen (secondary N) is 1. The van der Waals surface area contributed by atoms with E-state index in [9.17, 15) is 0 Å². The SMILES string of the molecule is c1ccc(Cn2cc(CNC3CCCOC3)c(-c3ccccc3)n2)cc1. The van der Waals surface area contributed by atoms with Crippen molar-refractivity contribution < 1.29 is 4.74 Å². The molecule has 1 fully saturated rings. The number of nitrogens with zero attached hydrogens (tertiary/aromatic N) is 2. The Hall–Kier alpha value is -2.43. The molecule has 26 heavy (non-hydrogen) atoms. The van der Waals surface area contributed by atoms with Gasteiger partial charge in [-0.05, 0) is 18.4 Å². The summed E-state index contributed by atoms with van der Waals surface area (Å²) < 4.78 is 7.63. The molecule has 4 rings (SSSR count). The van der Waals surface area contributed by atoms with E-state index in [4.69, 9.17) is 9.84 Å². The maximum atomic E-state index is 5.59. The predicted octanol–water partition coefficient (Wildman–Crippen LogP) is 3.87. The van der Waals surface area contributed by atoms with Crippen LogP contribution in [-0.4, -0.2) is 29.0 Å². The molecule has 0 aliphatic carbocycles. The minimum atomic E-state index is 0.435. The molecular weight excluding hydrogens is 322 g/mol. The van der Waals surface area contributed by atoms with Crippen LogP contribution in [0.15, 0.2) is 66.9 Å². The number of hydrogen-bond donors (Lipinski definition) is 1. The quantitative estimate of drug-likeness (QED) is 0.736. The molecule has 0 radical (unpaired) electrons. The van der Waals surface area contributed by atoms with Gasteiger partial charge < -0.3 is 10.1 Å². The monoisotopic (exact) mass is 347 g/mol. The van der Waals surface area contributed by atoms with Gasteiger partial charge in [0, 0.05) is 36.5 Å². The lowest BCUT2D eigenvalue weighted by molar-refractivity contribution is 0.0699. The number of rotatable bonds is 6. The van der Waals surface area contributed by atoms with Crippen molar-refractivity contribution >= 4 is 0 Å². The van der Waals surface area contributed by atoms with Gasteiger partial charge in [-0.3, -0.25) is 4.68 Å². The summed E-state index contributed by atoms with van der Waals surface area (Å²) in [6.45, 7) is 3.29. The fourth-order valence-electron chi connectivity index (χ4n) is 3.44. The van der Waals surface area contributed by atoms with Gasteiger partial charge in [0.1, 0.15) is 0 Å². The molecule has 0 saturated carbocycles. The maximum Gasteiger partial charge on any atom is 0.0968 e. The minimum Gasteiger partial charge on any atom is -0.380 e. The summed E-state index contributed by atoms with van der Waals surface area (Å²) in [5, 5.41) is 8.53. The third kappa shape index (κ3) is 4.21. The highest BCUT2D eigenvalue weighted by Crippen LogP contribution is 2.23. The summed E-state index contributed by atoms with van der Waals surface area (Å²) in [6, 6.07) is 21.3. The summed E-state index contributed by atoms with van der Waals surface area (Å²) in [4.78, 5) is 0. The fraction of sp³-hybridized carbons (Fsp3) is 0.318.